The van der Waals surface area contributed by atoms with Crippen molar-refractivity contribution in [2.45, 2.75) is 13.0 Å². The normalized spacial score (nSPS) is 15.8. The second kappa shape index (κ2) is 7.74. The topological polar surface area (TPSA) is 32.8 Å². The van der Waals surface area contributed by atoms with Gasteiger partial charge in [-0.3, -0.25) is 4.79 Å². The van der Waals surface area contributed by atoms with E-state index in [1.54, 1.807) is 48.2 Å². The molecular formula is C19H20ClFN2O2. The molecule has 0 N–H and O–H groups in total. The van der Waals surface area contributed by atoms with Crippen LogP contribution < -0.4 is 9.64 Å². The lowest BCUT2D eigenvalue weighted by atomic mass is 10.2. The SMILES string of the molecule is C[C@@H](Oc1ccc(Cl)cc1)C(=O)N1CCN(c2ccc(F)cc2)CC1. The molecule has 25 heavy (non-hydrogen) atoms. The third kappa shape index (κ3) is 4.42. The van der Waals surface area contributed by atoms with Crippen LogP contribution in [-0.2, 0) is 4.79 Å². The molecule has 0 aromatic heterocycles. The van der Waals surface area contributed by atoms with E-state index in [-0.39, 0.29) is 11.7 Å². The lowest BCUT2D eigenvalue weighted by molar-refractivity contribution is -0.138. The smallest absolute Gasteiger partial charge is 0.263 e. The van der Waals surface area contributed by atoms with E-state index in [1.807, 2.05) is 0 Å². The molecule has 4 nitrogen and oxygen atoms in total. The molecule has 1 aliphatic heterocycles. The summed E-state index contributed by atoms with van der Waals surface area (Å²) in [5.74, 6) is 0.342. The first-order valence-electron chi connectivity index (χ1n) is 8.24. The Bertz CT molecular complexity index is 713. The first kappa shape index (κ1) is 17.5. The van der Waals surface area contributed by atoms with Gasteiger partial charge in [0, 0.05) is 36.9 Å². The summed E-state index contributed by atoms with van der Waals surface area (Å²) in [5.41, 5.74) is 0.971. The lowest BCUT2D eigenvalue weighted by Gasteiger charge is -2.37. The fourth-order valence-electron chi connectivity index (χ4n) is 2.86. The number of piperazine rings is 1. The maximum Gasteiger partial charge on any atom is 0.263 e. The van der Waals surface area contributed by atoms with Crippen molar-refractivity contribution in [1.29, 1.82) is 0 Å². The molecule has 1 fully saturated rings. The third-order valence-electron chi connectivity index (χ3n) is 4.26. The van der Waals surface area contributed by atoms with Gasteiger partial charge in [0.05, 0.1) is 0 Å². The number of benzene rings is 2. The molecule has 0 aliphatic carbocycles. The maximum absolute atomic E-state index is 13.0. The number of amides is 1. The van der Waals surface area contributed by atoms with Crippen molar-refractivity contribution in [1.82, 2.24) is 4.90 Å². The number of hydrogen-bond acceptors (Lipinski definition) is 3. The minimum absolute atomic E-state index is 0.0336. The highest BCUT2D eigenvalue weighted by molar-refractivity contribution is 6.30. The van der Waals surface area contributed by atoms with Crippen LogP contribution in [0.4, 0.5) is 10.1 Å². The van der Waals surface area contributed by atoms with Gasteiger partial charge in [0.2, 0.25) is 0 Å². The van der Waals surface area contributed by atoms with Crippen LogP contribution in [-0.4, -0.2) is 43.1 Å². The number of carbonyl (C=O) groups is 1. The molecule has 3 rings (SSSR count). The van der Waals surface area contributed by atoms with Crippen LogP contribution in [0.1, 0.15) is 6.92 Å². The molecule has 1 saturated heterocycles. The van der Waals surface area contributed by atoms with Crippen molar-refractivity contribution in [2.75, 3.05) is 31.1 Å². The number of anilines is 1. The summed E-state index contributed by atoms with van der Waals surface area (Å²) in [7, 11) is 0. The molecule has 0 bridgehead atoms. The Labute approximate surface area is 151 Å². The Morgan fingerprint density at radius 1 is 1.04 bits per heavy atom. The van der Waals surface area contributed by atoms with Gasteiger partial charge in [-0.2, -0.15) is 0 Å². The molecule has 0 radical (unpaired) electrons. The van der Waals surface area contributed by atoms with Gasteiger partial charge in [-0.15, -0.1) is 0 Å². The highest BCUT2D eigenvalue weighted by atomic mass is 35.5. The van der Waals surface area contributed by atoms with Crippen molar-refractivity contribution in [2.24, 2.45) is 0 Å². The number of hydrogen-bond donors (Lipinski definition) is 0. The zero-order chi connectivity index (χ0) is 17.8. The summed E-state index contributed by atoms with van der Waals surface area (Å²) >= 11 is 5.85. The number of ether oxygens (including phenoxy) is 1. The van der Waals surface area contributed by atoms with Crippen LogP contribution in [0, 0.1) is 5.82 Å². The quantitative estimate of drug-likeness (QED) is 0.833. The van der Waals surface area contributed by atoms with Gasteiger partial charge in [-0.25, -0.2) is 4.39 Å². The molecule has 1 atom stereocenters. The largest absolute Gasteiger partial charge is 0.481 e. The molecule has 0 saturated carbocycles. The third-order valence-corrected chi connectivity index (χ3v) is 4.51. The van der Waals surface area contributed by atoms with Crippen molar-refractivity contribution >= 4 is 23.2 Å². The van der Waals surface area contributed by atoms with E-state index >= 15 is 0 Å². The minimum atomic E-state index is -0.557. The minimum Gasteiger partial charge on any atom is -0.481 e. The first-order valence-corrected chi connectivity index (χ1v) is 8.62. The lowest BCUT2D eigenvalue weighted by Crippen LogP contribution is -2.52. The van der Waals surface area contributed by atoms with E-state index in [9.17, 15) is 9.18 Å². The van der Waals surface area contributed by atoms with Gasteiger partial charge in [0.15, 0.2) is 6.10 Å². The zero-order valence-corrected chi connectivity index (χ0v) is 14.7. The fraction of sp³-hybridized carbons (Fsp3) is 0.316. The maximum atomic E-state index is 13.0. The van der Waals surface area contributed by atoms with Crippen molar-refractivity contribution in [3.63, 3.8) is 0 Å². The van der Waals surface area contributed by atoms with E-state index in [0.29, 0.717) is 37.0 Å². The van der Waals surface area contributed by atoms with Gasteiger partial charge in [-0.05, 0) is 55.5 Å². The van der Waals surface area contributed by atoms with Crippen molar-refractivity contribution in [3.8, 4) is 5.75 Å². The average molecular weight is 363 g/mol. The number of rotatable bonds is 4. The van der Waals surface area contributed by atoms with Gasteiger partial charge >= 0.3 is 0 Å². The standard InChI is InChI=1S/C19H20ClFN2O2/c1-14(25-18-8-2-15(20)3-9-18)19(24)23-12-10-22(11-13-23)17-6-4-16(21)5-7-17/h2-9,14H,10-13H2,1H3/t14-/m1/s1. The fourth-order valence-corrected chi connectivity index (χ4v) is 2.99. The molecule has 1 aliphatic rings. The second-order valence-corrected chi connectivity index (χ2v) is 6.44. The second-order valence-electron chi connectivity index (χ2n) is 6.00. The zero-order valence-electron chi connectivity index (χ0n) is 14.0. The molecule has 2 aromatic rings. The predicted molar refractivity (Wildman–Crippen MR) is 96.7 cm³/mol. The molecular weight excluding hydrogens is 343 g/mol. The Balaban J connectivity index is 1.53. The number of halogens is 2. The van der Waals surface area contributed by atoms with E-state index in [4.69, 9.17) is 16.3 Å². The molecule has 1 heterocycles. The average Bonchev–Trinajstić information content (AvgIpc) is 2.64. The molecule has 6 heteroatoms. The van der Waals surface area contributed by atoms with E-state index in [1.165, 1.54) is 12.1 Å². The van der Waals surface area contributed by atoms with Gasteiger partial charge in [0.1, 0.15) is 11.6 Å². The number of nitrogens with zero attached hydrogens (tertiary/aromatic N) is 2. The highest BCUT2D eigenvalue weighted by Gasteiger charge is 2.26. The predicted octanol–water partition coefficient (Wildman–Crippen LogP) is 3.60. The van der Waals surface area contributed by atoms with Crippen molar-refractivity contribution < 1.29 is 13.9 Å². The van der Waals surface area contributed by atoms with Gasteiger partial charge in [-0.1, -0.05) is 11.6 Å². The molecule has 132 valence electrons. The Morgan fingerprint density at radius 2 is 1.64 bits per heavy atom. The Kier molecular flexibility index (Phi) is 5.43. The summed E-state index contributed by atoms with van der Waals surface area (Å²) in [6.07, 6.45) is -0.557. The van der Waals surface area contributed by atoms with Crippen LogP contribution in [0.25, 0.3) is 0 Å². The van der Waals surface area contributed by atoms with E-state index in [0.717, 1.165) is 5.69 Å². The highest BCUT2D eigenvalue weighted by Crippen LogP contribution is 2.19. The van der Waals surface area contributed by atoms with Crippen LogP contribution in [0.2, 0.25) is 5.02 Å². The summed E-state index contributed by atoms with van der Waals surface area (Å²) in [6.45, 7) is 4.41. The summed E-state index contributed by atoms with van der Waals surface area (Å²) in [5, 5.41) is 0.628. The van der Waals surface area contributed by atoms with Crippen molar-refractivity contribution in [3.05, 3.63) is 59.4 Å². The van der Waals surface area contributed by atoms with Crippen LogP contribution in [0.15, 0.2) is 48.5 Å². The molecule has 0 unspecified atom stereocenters. The van der Waals surface area contributed by atoms with E-state index in [2.05, 4.69) is 4.90 Å². The Hall–Kier alpha value is -2.27. The van der Waals surface area contributed by atoms with Gasteiger partial charge < -0.3 is 14.5 Å². The van der Waals surface area contributed by atoms with Crippen LogP contribution in [0.5, 0.6) is 5.75 Å². The number of carbonyl (C=O) groups excluding carboxylic acids is 1. The summed E-state index contributed by atoms with van der Waals surface area (Å²) in [6, 6.07) is 13.4. The van der Waals surface area contributed by atoms with Crippen LogP contribution in [0.3, 0.4) is 0 Å². The monoisotopic (exact) mass is 362 g/mol. The van der Waals surface area contributed by atoms with Gasteiger partial charge in [0.25, 0.3) is 5.91 Å². The summed E-state index contributed by atoms with van der Waals surface area (Å²) in [4.78, 5) is 16.5. The first-order chi connectivity index (χ1) is 12.0. The van der Waals surface area contributed by atoms with E-state index < -0.39 is 6.10 Å². The van der Waals surface area contributed by atoms with Crippen LogP contribution >= 0.6 is 11.6 Å². The Morgan fingerprint density at radius 3 is 2.24 bits per heavy atom. The molecule has 2 aromatic carbocycles. The molecule has 1 amide bonds. The summed E-state index contributed by atoms with van der Waals surface area (Å²) < 4.78 is 18.7. The molecule has 0 spiro atoms.